The molecule has 3 N–H and O–H groups in total. The number of furan rings is 1. The molecule has 1 aliphatic rings. The molecule has 0 saturated carbocycles. The summed E-state index contributed by atoms with van der Waals surface area (Å²) in [6.45, 7) is 2.54. The van der Waals surface area contributed by atoms with Crippen LogP contribution in [0.2, 0.25) is 0 Å². The molecule has 0 saturated heterocycles. The van der Waals surface area contributed by atoms with E-state index in [0.717, 1.165) is 28.1 Å². The lowest BCUT2D eigenvalue weighted by Crippen LogP contribution is -2.20. The molecule has 7 heteroatoms. The molecule has 1 aromatic carbocycles. The smallest absolute Gasteiger partial charge is 0.244 e. The zero-order chi connectivity index (χ0) is 18.1. The van der Waals surface area contributed by atoms with Gasteiger partial charge in [0.2, 0.25) is 11.8 Å². The number of nitrogens with zero attached hydrogens (tertiary/aromatic N) is 2. The summed E-state index contributed by atoms with van der Waals surface area (Å²) in [5.74, 6) is 0.782. The van der Waals surface area contributed by atoms with Crippen molar-refractivity contribution in [2.75, 3.05) is 6.61 Å². The number of nitrogens with two attached hydrogens (primary N) is 1. The number of hydrogen-bond donors (Lipinski definition) is 2. The molecule has 4 rings (SSSR count). The molecule has 0 unspecified atom stereocenters. The molecule has 3 heterocycles. The largest absolute Gasteiger partial charge is 0.494 e. The van der Waals surface area contributed by atoms with Crippen LogP contribution >= 0.6 is 0 Å². The van der Waals surface area contributed by atoms with Crippen LogP contribution in [0.3, 0.4) is 0 Å². The van der Waals surface area contributed by atoms with Gasteiger partial charge in [0.1, 0.15) is 17.4 Å². The fourth-order valence-corrected chi connectivity index (χ4v) is 3.12. The van der Waals surface area contributed by atoms with E-state index in [0.29, 0.717) is 18.1 Å². The molecule has 2 aromatic heterocycles. The average molecular weight is 348 g/mol. The number of ether oxygens (including phenoxy) is 2. The fraction of sp³-hybridized carbons (Fsp3) is 0.158. The van der Waals surface area contributed by atoms with Crippen molar-refractivity contribution in [2.45, 2.75) is 12.8 Å². The topological polar surface area (TPSA) is 110 Å². The quantitative estimate of drug-likeness (QED) is 0.748. The van der Waals surface area contributed by atoms with E-state index < -0.39 is 5.92 Å². The van der Waals surface area contributed by atoms with Crippen LogP contribution in [-0.2, 0) is 0 Å². The lowest BCUT2D eigenvalue weighted by Gasteiger charge is -2.22. The van der Waals surface area contributed by atoms with Crippen LogP contribution in [0.15, 0.2) is 58.7 Å². The van der Waals surface area contributed by atoms with Crippen LogP contribution in [-0.4, -0.2) is 16.8 Å². The number of H-pyrrole nitrogens is 1. The number of aromatic amines is 1. The Bertz CT molecular complexity index is 995. The van der Waals surface area contributed by atoms with Gasteiger partial charge in [-0.25, -0.2) is 0 Å². The Kier molecular flexibility index (Phi) is 3.86. The SMILES string of the molecule is CCOc1ccc(-c2[nH]nc3c2[C@@H](c2ccoc2)C(C#N)=C(N)O3)cc1. The van der Waals surface area contributed by atoms with E-state index in [1.165, 1.54) is 0 Å². The number of benzene rings is 1. The maximum atomic E-state index is 9.61. The van der Waals surface area contributed by atoms with E-state index in [4.69, 9.17) is 19.6 Å². The van der Waals surface area contributed by atoms with Crippen LogP contribution < -0.4 is 15.2 Å². The van der Waals surface area contributed by atoms with E-state index >= 15 is 0 Å². The third-order valence-electron chi connectivity index (χ3n) is 4.27. The summed E-state index contributed by atoms with van der Waals surface area (Å²) in [6, 6.07) is 11.6. The van der Waals surface area contributed by atoms with Crippen LogP contribution in [0.5, 0.6) is 11.6 Å². The fourth-order valence-electron chi connectivity index (χ4n) is 3.12. The van der Waals surface area contributed by atoms with Crippen molar-refractivity contribution in [1.29, 1.82) is 5.26 Å². The maximum Gasteiger partial charge on any atom is 0.244 e. The molecular formula is C19H16N4O3. The van der Waals surface area contributed by atoms with Crippen molar-refractivity contribution in [3.05, 3.63) is 65.4 Å². The standard InChI is InChI=1S/C19H16N4O3/c1-2-25-13-5-3-11(4-6-13)17-16-15(12-7-8-24-10-12)14(9-20)18(21)26-19(16)23-22-17/h3-8,10,15H,2,21H2,1H3,(H,22,23)/t15-/m0/s1. The predicted molar refractivity (Wildman–Crippen MR) is 93.2 cm³/mol. The van der Waals surface area contributed by atoms with Crippen molar-refractivity contribution < 1.29 is 13.9 Å². The summed E-state index contributed by atoms with van der Waals surface area (Å²) in [7, 11) is 0. The molecule has 130 valence electrons. The second-order valence-electron chi connectivity index (χ2n) is 5.76. The highest BCUT2D eigenvalue weighted by atomic mass is 16.5. The van der Waals surface area contributed by atoms with Crippen LogP contribution in [0.1, 0.15) is 24.0 Å². The molecule has 0 bridgehead atoms. The second-order valence-corrected chi connectivity index (χ2v) is 5.76. The van der Waals surface area contributed by atoms with E-state index in [2.05, 4.69) is 16.3 Å². The molecule has 0 amide bonds. The van der Waals surface area contributed by atoms with Crippen LogP contribution in [0, 0.1) is 11.3 Å². The lowest BCUT2D eigenvalue weighted by molar-refractivity contribution is 0.340. The second kappa shape index (κ2) is 6.33. The molecule has 0 spiro atoms. The van der Waals surface area contributed by atoms with Gasteiger partial charge in [0.25, 0.3) is 0 Å². The number of nitrogens with one attached hydrogen (secondary N) is 1. The molecular weight excluding hydrogens is 332 g/mol. The van der Waals surface area contributed by atoms with Gasteiger partial charge in [0, 0.05) is 11.1 Å². The highest BCUT2D eigenvalue weighted by Gasteiger charge is 2.36. The van der Waals surface area contributed by atoms with Crippen molar-refractivity contribution in [2.24, 2.45) is 5.73 Å². The monoisotopic (exact) mass is 348 g/mol. The summed E-state index contributed by atoms with van der Waals surface area (Å²) in [6.07, 6.45) is 3.16. The molecule has 0 radical (unpaired) electrons. The first-order valence-corrected chi connectivity index (χ1v) is 8.14. The van der Waals surface area contributed by atoms with Gasteiger partial charge >= 0.3 is 0 Å². The number of aromatic nitrogens is 2. The van der Waals surface area contributed by atoms with E-state index in [1.807, 2.05) is 31.2 Å². The summed E-state index contributed by atoms with van der Waals surface area (Å²) >= 11 is 0. The Morgan fingerprint density at radius 1 is 1.31 bits per heavy atom. The zero-order valence-corrected chi connectivity index (χ0v) is 14.0. The number of nitriles is 1. The Hall–Kier alpha value is -3.66. The first-order valence-electron chi connectivity index (χ1n) is 8.14. The van der Waals surface area contributed by atoms with Crippen LogP contribution in [0.25, 0.3) is 11.3 Å². The number of fused-ring (bicyclic) bond motifs is 1. The summed E-state index contributed by atoms with van der Waals surface area (Å²) in [5, 5.41) is 16.8. The minimum absolute atomic E-state index is 0.0518. The van der Waals surface area contributed by atoms with Gasteiger partial charge in [-0.3, -0.25) is 5.10 Å². The molecule has 26 heavy (non-hydrogen) atoms. The van der Waals surface area contributed by atoms with E-state index in [9.17, 15) is 5.26 Å². The van der Waals surface area contributed by atoms with Crippen molar-refractivity contribution in [1.82, 2.24) is 10.2 Å². The third kappa shape index (κ3) is 2.48. The number of hydrogen-bond acceptors (Lipinski definition) is 6. The molecule has 7 nitrogen and oxygen atoms in total. The van der Waals surface area contributed by atoms with Gasteiger partial charge in [-0.15, -0.1) is 5.10 Å². The van der Waals surface area contributed by atoms with Crippen molar-refractivity contribution >= 4 is 0 Å². The third-order valence-corrected chi connectivity index (χ3v) is 4.27. The van der Waals surface area contributed by atoms with Gasteiger partial charge in [-0.05, 0) is 37.3 Å². The van der Waals surface area contributed by atoms with Crippen molar-refractivity contribution in [3.63, 3.8) is 0 Å². The predicted octanol–water partition coefficient (Wildman–Crippen LogP) is 3.29. The summed E-state index contributed by atoms with van der Waals surface area (Å²) in [4.78, 5) is 0. The molecule has 0 fully saturated rings. The Morgan fingerprint density at radius 3 is 2.77 bits per heavy atom. The van der Waals surface area contributed by atoms with Gasteiger partial charge in [-0.2, -0.15) is 5.26 Å². The van der Waals surface area contributed by atoms with E-state index in [-0.39, 0.29) is 5.88 Å². The Morgan fingerprint density at radius 2 is 2.12 bits per heavy atom. The van der Waals surface area contributed by atoms with Gasteiger partial charge in [-0.1, -0.05) is 0 Å². The highest BCUT2D eigenvalue weighted by Crippen LogP contribution is 2.45. The van der Waals surface area contributed by atoms with Gasteiger partial charge < -0.3 is 19.6 Å². The first kappa shape index (κ1) is 15.8. The lowest BCUT2D eigenvalue weighted by atomic mass is 9.84. The highest BCUT2D eigenvalue weighted by molar-refractivity contribution is 5.71. The molecule has 1 atom stereocenters. The van der Waals surface area contributed by atoms with Gasteiger partial charge in [0.15, 0.2) is 0 Å². The van der Waals surface area contributed by atoms with E-state index in [1.54, 1.807) is 18.6 Å². The zero-order valence-electron chi connectivity index (χ0n) is 14.0. The van der Waals surface area contributed by atoms with Crippen LogP contribution in [0.4, 0.5) is 0 Å². The van der Waals surface area contributed by atoms with Gasteiger partial charge in [0.05, 0.1) is 36.3 Å². The minimum Gasteiger partial charge on any atom is -0.494 e. The normalized spacial score (nSPS) is 15.9. The first-order chi connectivity index (χ1) is 12.7. The Labute approximate surface area is 149 Å². The summed E-state index contributed by atoms with van der Waals surface area (Å²) in [5.41, 5.74) is 9.48. The minimum atomic E-state index is -0.414. The molecule has 0 aliphatic carbocycles. The number of rotatable bonds is 4. The number of allylic oxidation sites excluding steroid dienone is 1. The summed E-state index contributed by atoms with van der Waals surface area (Å²) < 4.78 is 16.3. The molecule has 3 aromatic rings. The maximum absolute atomic E-state index is 9.61. The van der Waals surface area contributed by atoms with Crippen molar-refractivity contribution in [3.8, 4) is 29.0 Å². The average Bonchev–Trinajstić information content (AvgIpc) is 3.31. The Balaban J connectivity index is 1.84. The molecule has 1 aliphatic heterocycles.